The molecule has 2 heteroatoms. The Morgan fingerprint density at radius 1 is 1.22 bits per heavy atom. The third-order valence-electron chi connectivity index (χ3n) is 3.89. The highest BCUT2D eigenvalue weighted by atomic mass is 16.5. The van der Waals surface area contributed by atoms with E-state index in [-0.39, 0.29) is 17.5 Å². The normalized spacial score (nSPS) is 15.8. The zero-order valence-electron chi connectivity index (χ0n) is 12.6. The highest BCUT2D eigenvalue weighted by Crippen LogP contribution is 2.36. The second-order valence-electron chi connectivity index (χ2n) is 5.50. The van der Waals surface area contributed by atoms with Crippen LogP contribution in [0.4, 0.5) is 0 Å². The molecule has 0 aliphatic heterocycles. The number of esters is 1. The van der Waals surface area contributed by atoms with Crippen molar-refractivity contribution >= 4 is 5.97 Å². The predicted octanol–water partition coefficient (Wildman–Crippen LogP) is 4.88. The standard InChI is InChI=1S/C16H30O2/c1-6-9-11-13-16(5,12-10-7-2)14(4)18-15(17)8-3/h8,14H,3,6-7,9-13H2,1-2,4-5H3. The summed E-state index contributed by atoms with van der Waals surface area (Å²) in [7, 11) is 0. The fourth-order valence-electron chi connectivity index (χ4n) is 2.26. The first-order valence-corrected chi connectivity index (χ1v) is 7.33. The number of hydrogen-bond donors (Lipinski definition) is 0. The van der Waals surface area contributed by atoms with Crippen LogP contribution >= 0.6 is 0 Å². The number of carbonyl (C=O) groups is 1. The van der Waals surface area contributed by atoms with Gasteiger partial charge in [-0.3, -0.25) is 0 Å². The third-order valence-corrected chi connectivity index (χ3v) is 3.89. The minimum atomic E-state index is -0.305. The molecule has 18 heavy (non-hydrogen) atoms. The summed E-state index contributed by atoms with van der Waals surface area (Å²) in [5.41, 5.74) is 0.101. The van der Waals surface area contributed by atoms with Crippen molar-refractivity contribution in [2.45, 2.75) is 78.7 Å². The molecule has 0 bridgehead atoms. The second kappa shape index (κ2) is 9.18. The van der Waals surface area contributed by atoms with E-state index in [0.717, 1.165) is 12.8 Å². The van der Waals surface area contributed by atoms with E-state index in [1.165, 1.54) is 38.2 Å². The summed E-state index contributed by atoms with van der Waals surface area (Å²) in [6, 6.07) is 0. The topological polar surface area (TPSA) is 26.3 Å². The molecule has 0 aromatic heterocycles. The van der Waals surface area contributed by atoms with Gasteiger partial charge in [0.2, 0.25) is 0 Å². The summed E-state index contributed by atoms with van der Waals surface area (Å²) >= 11 is 0. The third kappa shape index (κ3) is 6.23. The van der Waals surface area contributed by atoms with Gasteiger partial charge in [0.05, 0.1) is 0 Å². The minimum absolute atomic E-state index is 0.0357. The molecule has 0 fully saturated rings. The van der Waals surface area contributed by atoms with E-state index < -0.39 is 0 Å². The molecule has 0 saturated heterocycles. The van der Waals surface area contributed by atoms with Crippen molar-refractivity contribution < 1.29 is 9.53 Å². The SMILES string of the molecule is C=CC(=O)OC(C)C(C)(CCCC)CCCCC. The lowest BCUT2D eigenvalue weighted by molar-refractivity contribution is -0.149. The first-order chi connectivity index (χ1) is 8.50. The predicted molar refractivity (Wildman–Crippen MR) is 77.5 cm³/mol. The molecule has 0 aliphatic carbocycles. The van der Waals surface area contributed by atoms with E-state index in [0.29, 0.717) is 0 Å². The Balaban J connectivity index is 4.50. The molecule has 0 spiro atoms. The van der Waals surface area contributed by atoms with Gasteiger partial charge in [0.15, 0.2) is 0 Å². The molecule has 2 nitrogen and oxygen atoms in total. The van der Waals surface area contributed by atoms with Crippen LogP contribution in [0.5, 0.6) is 0 Å². The molecule has 0 heterocycles. The van der Waals surface area contributed by atoms with E-state index >= 15 is 0 Å². The molecule has 0 rings (SSSR count). The summed E-state index contributed by atoms with van der Waals surface area (Å²) in [6.45, 7) is 12.1. The Bertz CT molecular complexity index is 247. The van der Waals surface area contributed by atoms with E-state index in [9.17, 15) is 4.79 Å². The lowest BCUT2D eigenvalue weighted by Crippen LogP contribution is -2.34. The molecule has 2 atom stereocenters. The number of ether oxygens (including phenoxy) is 1. The van der Waals surface area contributed by atoms with Gasteiger partial charge >= 0.3 is 5.97 Å². The largest absolute Gasteiger partial charge is 0.459 e. The van der Waals surface area contributed by atoms with Crippen LogP contribution in [0.15, 0.2) is 12.7 Å². The van der Waals surface area contributed by atoms with Gasteiger partial charge in [0.25, 0.3) is 0 Å². The summed E-state index contributed by atoms with van der Waals surface area (Å²) in [6.07, 6.45) is 9.55. The molecular weight excluding hydrogens is 224 g/mol. The van der Waals surface area contributed by atoms with Gasteiger partial charge < -0.3 is 4.74 Å². The highest BCUT2D eigenvalue weighted by molar-refractivity contribution is 5.81. The summed E-state index contributed by atoms with van der Waals surface area (Å²) < 4.78 is 5.44. The maximum absolute atomic E-state index is 11.3. The van der Waals surface area contributed by atoms with Crippen LogP contribution in [0.25, 0.3) is 0 Å². The maximum Gasteiger partial charge on any atom is 0.330 e. The van der Waals surface area contributed by atoms with Gasteiger partial charge in [-0.2, -0.15) is 0 Å². The van der Waals surface area contributed by atoms with Crippen molar-refractivity contribution in [1.82, 2.24) is 0 Å². The van der Waals surface area contributed by atoms with Crippen LogP contribution in [0.3, 0.4) is 0 Å². The molecular formula is C16H30O2. The van der Waals surface area contributed by atoms with E-state index in [1.807, 2.05) is 6.92 Å². The Hall–Kier alpha value is -0.790. The molecule has 2 unspecified atom stereocenters. The summed E-state index contributed by atoms with van der Waals surface area (Å²) in [5, 5.41) is 0. The van der Waals surface area contributed by atoms with Crippen LogP contribution in [-0.2, 0) is 9.53 Å². The Morgan fingerprint density at radius 3 is 2.28 bits per heavy atom. The zero-order valence-corrected chi connectivity index (χ0v) is 12.6. The van der Waals surface area contributed by atoms with Gasteiger partial charge in [-0.05, 0) is 19.8 Å². The Labute approximate surface area is 113 Å². The molecule has 106 valence electrons. The second-order valence-corrected chi connectivity index (χ2v) is 5.50. The van der Waals surface area contributed by atoms with Crippen molar-refractivity contribution in [2.24, 2.45) is 5.41 Å². The van der Waals surface area contributed by atoms with Gasteiger partial charge in [0.1, 0.15) is 6.10 Å². The van der Waals surface area contributed by atoms with E-state index in [1.54, 1.807) is 0 Å². The first-order valence-electron chi connectivity index (χ1n) is 7.33. The fourth-order valence-corrected chi connectivity index (χ4v) is 2.26. The molecule has 0 aliphatic rings. The van der Waals surface area contributed by atoms with Crippen LogP contribution in [0.1, 0.15) is 72.6 Å². The zero-order chi connectivity index (χ0) is 14.0. The Kier molecular flexibility index (Phi) is 8.78. The van der Waals surface area contributed by atoms with Crippen molar-refractivity contribution in [3.05, 3.63) is 12.7 Å². The minimum Gasteiger partial charge on any atom is -0.459 e. The summed E-state index contributed by atoms with van der Waals surface area (Å²) in [5.74, 6) is -0.305. The molecule has 0 radical (unpaired) electrons. The monoisotopic (exact) mass is 254 g/mol. The molecule has 0 saturated carbocycles. The highest BCUT2D eigenvalue weighted by Gasteiger charge is 2.32. The number of carbonyl (C=O) groups excluding carboxylic acids is 1. The van der Waals surface area contributed by atoms with Gasteiger partial charge in [0, 0.05) is 11.5 Å². The fraction of sp³-hybridized carbons (Fsp3) is 0.812. The van der Waals surface area contributed by atoms with Crippen LogP contribution < -0.4 is 0 Å². The lowest BCUT2D eigenvalue weighted by Gasteiger charge is -2.35. The van der Waals surface area contributed by atoms with Crippen molar-refractivity contribution in [3.8, 4) is 0 Å². The van der Waals surface area contributed by atoms with Crippen LogP contribution in [0, 0.1) is 5.41 Å². The Morgan fingerprint density at radius 2 is 1.78 bits per heavy atom. The van der Waals surface area contributed by atoms with Crippen molar-refractivity contribution in [3.63, 3.8) is 0 Å². The number of rotatable bonds is 10. The molecule has 0 N–H and O–H groups in total. The van der Waals surface area contributed by atoms with E-state index in [2.05, 4.69) is 27.4 Å². The summed E-state index contributed by atoms with van der Waals surface area (Å²) in [4.78, 5) is 11.3. The smallest absolute Gasteiger partial charge is 0.330 e. The first kappa shape index (κ1) is 17.2. The van der Waals surface area contributed by atoms with Crippen molar-refractivity contribution in [2.75, 3.05) is 0 Å². The van der Waals surface area contributed by atoms with Gasteiger partial charge in [-0.15, -0.1) is 0 Å². The average molecular weight is 254 g/mol. The number of hydrogen-bond acceptors (Lipinski definition) is 2. The molecule has 0 amide bonds. The number of unbranched alkanes of at least 4 members (excludes halogenated alkanes) is 3. The average Bonchev–Trinajstić information content (AvgIpc) is 2.36. The molecule has 0 aromatic carbocycles. The quantitative estimate of drug-likeness (QED) is 0.315. The lowest BCUT2D eigenvalue weighted by atomic mass is 9.76. The van der Waals surface area contributed by atoms with E-state index in [4.69, 9.17) is 4.74 Å². The molecule has 0 aromatic rings. The van der Waals surface area contributed by atoms with Gasteiger partial charge in [-0.1, -0.05) is 59.5 Å². The van der Waals surface area contributed by atoms with Crippen LogP contribution in [-0.4, -0.2) is 12.1 Å². The maximum atomic E-state index is 11.3. The van der Waals surface area contributed by atoms with Gasteiger partial charge in [-0.25, -0.2) is 4.79 Å². The van der Waals surface area contributed by atoms with Crippen molar-refractivity contribution in [1.29, 1.82) is 0 Å². The van der Waals surface area contributed by atoms with Crippen LogP contribution in [0.2, 0.25) is 0 Å².